The number of rotatable bonds is 4. The Morgan fingerprint density at radius 2 is 1.73 bits per heavy atom. The average Bonchev–Trinajstić information content (AvgIpc) is 2.83. The highest BCUT2D eigenvalue weighted by atomic mass is 19.2. The fraction of sp³-hybridized carbons (Fsp3) is 0.250. The maximum Gasteiger partial charge on any atom is 0.255 e. The summed E-state index contributed by atoms with van der Waals surface area (Å²) in [5.74, 6) is -12.6. The van der Waals surface area contributed by atoms with Crippen molar-refractivity contribution >= 4 is 11.7 Å². The standard InChI is InChI=1S/C20H14F5N5O3/c1-29-12(31)6-10(9-2-3-26-8-27-9)28-20(29)30-4-5-33-11(7-30)19(32)13-14(21)16(23)18(25)17(24)15(13)22/h2-3,6,8,11H,4-5,7H2,1H3. The highest BCUT2D eigenvalue weighted by Gasteiger charge is 2.36. The number of carbonyl (C=O) groups is 1. The Morgan fingerprint density at radius 3 is 2.36 bits per heavy atom. The minimum absolute atomic E-state index is 0.0922. The number of nitrogens with zero attached hydrogens (tertiary/aromatic N) is 5. The van der Waals surface area contributed by atoms with Gasteiger partial charge in [-0.3, -0.25) is 14.2 Å². The van der Waals surface area contributed by atoms with Crippen molar-refractivity contribution in [1.29, 1.82) is 0 Å². The molecule has 4 rings (SSSR count). The quantitative estimate of drug-likeness (QED) is 0.251. The van der Waals surface area contributed by atoms with Gasteiger partial charge in [0.05, 0.1) is 30.1 Å². The summed E-state index contributed by atoms with van der Waals surface area (Å²) < 4.78 is 75.1. The van der Waals surface area contributed by atoms with Gasteiger partial charge in [-0.1, -0.05) is 0 Å². The summed E-state index contributed by atoms with van der Waals surface area (Å²) in [6.07, 6.45) is 1.14. The van der Waals surface area contributed by atoms with Gasteiger partial charge in [-0.05, 0) is 6.07 Å². The molecule has 3 heterocycles. The Bertz CT molecular complexity index is 1270. The van der Waals surface area contributed by atoms with Crippen molar-refractivity contribution in [3.8, 4) is 11.4 Å². The Hall–Kier alpha value is -3.74. The van der Waals surface area contributed by atoms with Gasteiger partial charge in [0, 0.05) is 25.9 Å². The van der Waals surface area contributed by atoms with E-state index in [4.69, 9.17) is 4.74 Å². The Kier molecular flexibility index (Phi) is 5.89. The van der Waals surface area contributed by atoms with E-state index in [0.717, 1.165) is 0 Å². The number of Topliss-reactive ketones (excluding diaryl/α,β-unsaturated/α-hetero) is 1. The number of aromatic nitrogens is 4. The zero-order chi connectivity index (χ0) is 23.9. The summed E-state index contributed by atoms with van der Waals surface area (Å²) in [5.41, 5.74) is -1.48. The van der Waals surface area contributed by atoms with Crippen LogP contribution in [0.5, 0.6) is 0 Å². The number of morpholine rings is 1. The lowest BCUT2D eigenvalue weighted by molar-refractivity contribution is 0.0328. The molecule has 0 amide bonds. The van der Waals surface area contributed by atoms with Gasteiger partial charge in [0.2, 0.25) is 11.8 Å². The van der Waals surface area contributed by atoms with E-state index in [2.05, 4.69) is 15.0 Å². The smallest absolute Gasteiger partial charge is 0.255 e. The van der Waals surface area contributed by atoms with E-state index < -0.39 is 52.1 Å². The molecule has 1 aliphatic heterocycles. The van der Waals surface area contributed by atoms with Crippen molar-refractivity contribution in [1.82, 2.24) is 19.5 Å². The third kappa shape index (κ3) is 3.95. The van der Waals surface area contributed by atoms with Crippen LogP contribution in [-0.4, -0.2) is 51.1 Å². The van der Waals surface area contributed by atoms with Crippen LogP contribution in [0.3, 0.4) is 0 Å². The van der Waals surface area contributed by atoms with Crippen LogP contribution in [0.2, 0.25) is 0 Å². The predicted octanol–water partition coefficient (Wildman–Crippen LogP) is 2.02. The number of benzene rings is 1. The molecule has 0 aliphatic carbocycles. The van der Waals surface area contributed by atoms with E-state index >= 15 is 0 Å². The van der Waals surface area contributed by atoms with Crippen molar-refractivity contribution in [2.75, 3.05) is 24.6 Å². The fourth-order valence-corrected chi connectivity index (χ4v) is 3.36. The highest BCUT2D eigenvalue weighted by Crippen LogP contribution is 2.26. The zero-order valence-corrected chi connectivity index (χ0v) is 16.9. The summed E-state index contributed by atoms with van der Waals surface area (Å²) in [7, 11) is 1.42. The number of carbonyl (C=O) groups excluding carboxylic acids is 1. The lowest BCUT2D eigenvalue weighted by Gasteiger charge is -2.33. The molecule has 0 bridgehead atoms. The van der Waals surface area contributed by atoms with Gasteiger partial charge in [-0.2, -0.15) is 0 Å². The summed E-state index contributed by atoms with van der Waals surface area (Å²) in [4.78, 5) is 38.8. The van der Waals surface area contributed by atoms with Gasteiger partial charge < -0.3 is 9.64 Å². The molecule has 1 fully saturated rings. The molecule has 8 nitrogen and oxygen atoms in total. The van der Waals surface area contributed by atoms with Gasteiger partial charge in [0.1, 0.15) is 12.4 Å². The maximum atomic E-state index is 14.1. The van der Waals surface area contributed by atoms with Crippen LogP contribution in [0.25, 0.3) is 11.4 Å². The molecule has 0 N–H and O–H groups in total. The number of ketones is 1. The number of hydrogen-bond donors (Lipinski definition) is 0. The monoisotopic (exact) mass is 467 g/mol. The maximum absolute atomic E-state index is 14.1. The molecular formula is C20H14F5N5O3. The highest BCUT2D eigenvalue weighted by molar-refractivity contribution is 6.00. The van der Waals surface area contributed by atoms with Gasteiger partial charge in [-0.25, -0.2) is 36.9 Å². The number of halogens is 5. The van der Waals surface area contributed by atoms with Crippen LogP contribution < -0.4 is 10.5 Å². The molecule has 1 aromatic carbocycles. The van der Waals surface area contributed by atoms with Crippen molar-refractivity contribution in [3.63, 3.8) is 0 Å². The Labute approximate surface area is 182 Å². The molecule has 172 valence electrons. The van der Waals surface area contributed by atoms with E-state index in [1.807, 2.05) is 0 Å². The predicted molar refractivity (Wildman–Crippen MR) is 103 cm³/mol. The second-order valence-electron chi connectivity index (χ2n) is 7.05. The van der Waals surface area contributed by atoms with Crippen molar-refractivity contribution in [3.05, 3.63) is 69.7 Å². The van der Waals surface area contributed by atoms with Crippen molar-refractivity contribution < 1.29 is 31.5 Å². The lowest BCUT2D eigenvalue weighted by Crippen LogP contribution is -2.48. The second kappa shape index (κ2) is 8.65. The Balaban J connectivity index is 1.69. The molecular weight excluding hydrogens is 453 g/mol. The van der Waals surface area contributed by atoms with E-state index in [1.54, 1.807) is 0 Å². The Morgan fingerprint density at radius 1 is 1.06 bits per heavy atom. The first-order valence-corrected chi connectivity index (χ1v) is 9.47. The van der Waals surface area contributed by atoms with E-state index in [9.17, 15) is 31.5 Å². The third-order valence-electron chi connectivity index (χ3n) is 5.05. The normalized spacial score (nSPS) is 16.2. The molecule has 33 heavy (non-hydrogen) atoms. The SMILES string of the molecule is Cn1c(N2CCOC(C(=O)c3c(F)c(F)c(F)c(F)c3F)C2)nc(-c2ccncn2)cc1=O. The van der Waals surface area contributed by atoms with Crippen LogP contribution in [0.4, 0.5) is 27.9 Å². The van der Waals surface area contributed by atoms with Crippen LogP contribution >= 0.6 is 0 Å². The van der Waals surface area contributed by atoms with E-state index in [1.165, 1.54) is 41.2 Å². The van der Waals surface area contributed by atoms with Gasteiger partial charge in [0.15, 0.2) is 29.1 Å². The molecule has 1 atom stereocenters. The molecule has 1 saturated heterocycles. The van der Waals surface area contributed by atoms with E-state index in [0.29, 0.717) is 5.69 Å². The van der Waals surface area contributed by atoms with Crippen LogP contribution in [0, 0.1) is 29.1 Å². The van der Waals surface area contributed by atoms with Crippen molar-refractivity contribution in [2.24, 2.45) is 7.05 Å². The minimum Gasteiger partial charge on any atom is -0.366 e. The topological polar surface area (TPSA) is 90.2 Å². The van der Waals surface area contributed by atoms with Crippen LogP contribution in [-0.2, 0) is 11.8 Å². The summed E-state index contributed by atoms with van der Waals surface area (Å²) in [6, 6.07) is 2.77. The van der Waals surface area contributed by atoms with Crippen molar-refractivity contribution in [2.45, 2.75) is 6.10 Å². The molecule has 1 unspecified atom stereocenters. The summed E-state index contributed by atoms with van der Waals surface area (Å²) in [6.45, 7) is -0.361. The van der Waals surface area contributed by atoms with Gasteiger partial charge in [0.25, 0.3) is 5.56 Å². The van der Waals surface area contributed by atoms with Gasteiger partial charge >= 0.3 is 0 Å². The second-order valence-corrected chi connectivity index (χ2v) is 7.05. The first-order valence-electron chi connectivity index (χ1n) is 9.47. The number of hydrogen-bond acceptors (Lipinski definition) is 7. The molecule has 0 radical (unpaired) electrons. The summed E-state index contributed by atoms with van der Waals surface area (Å²) in [5, 5.41) is 0. The lowest BCUT2D eigenvalue weighted by atomic mass is 10.0. The molecule has 0 spiro atoms. The molecule has 13 heteroatoms. The summed E-state index contributed by atoms with van der Waals surface area (Å²) >= 11 is 0. The van der Waals surface area contributed by atoms with E-state index in [-0.39, 0.29) is 31.3 Å². The largest absolute Gasteiger partial charge is 0.366 e. The van der Waals surface area contributed by atoms with Crippen LogP contribution in [0.15, 0.2) is 29.5 Å². The van der Waals surface area contributed by atoms with Crippen LogP contribution in [0.1, 0.15) is 10.4 Å². The number of anilines is 1. The number of ether oxygens (including phenoxy) is 1. The first kappa shape index (κ1) is 22.5. The first-order chi connectivity index (χ1) is 15.7. The zero-order valence-electron chi connectivity index (χ0n) is 16.9. The fourth-order valence-electron chi connectivity index (χ4n) is 3.36. The molecule has 3 aromatic rings. The van der Waals surface area contributed by atoms with Gasteiger partial charge in [-0.15, -0.1) is 0 Å². The molecule has 0 saturated carbocycles. The third-order valence-corrected chi connectivity index (χ3v) is 5.05. The molecule has 1 aliphatic rings. The average molecular weight is 467 g/mol. The minimum atomic E-state index is -2.37. The molecule has 2 aromatic heterocycles.